The standard InChI is InChI=1S/C64H118O6/c1-4-7-10-13-16-19-22-25-28-31-32-34-36-39-42-45-48-51-54-57-63(66)69-60-61(59-68-62(65)56-53-50-47-44-41-38-35-30-27-24-21-18-15-12-9-6-3)70-64(67)58-55-52-49-46-43-40-37-33-29-26-23-20-17-14-11-8-5-2/h16,19,25,28,30,35,61H,4-15,17-18,20-24,26-27,29,31-34,36-60H2,1-3H3/b19-16-,28-25-,35-30-. The molecule has 0 amide bonds. The fourth-order valence-electron chi connectivity index (χ4n) is 9.18. The molecule has 1 atom stereocenters. The van der Waals surface area contributed by atoms with Crippen LogP contribution in [0.4, 0.5) is 0 Å². The largest absolute Gasteiger partial charge is 0.462 e. The molecule has 0 rings (SSSR count). The predicted octanol–water partition coefficient (Wildman–Crippen LogP) is 20.8. The monoisotopic (exact) mass is 983 g/mol. The van der Waals surface area contributed by atoms with Crippen molar-refractivity contribution in [1.29, 1.82) is 0 Å². The van der Waals surface area contributed by atoms with Gasteiger partial charge in [0.1, 0.15) is 13.2 Å². The van der Waals surface area contributed by atoms with Crippen LogP contribution in [0.3, 0.4) is 0 Å². The molecule has 0 aromatic heterocycles. The molecule has 6 nitrogen and oxygen atoms in total. The van der Waals surface area contributed by atoms with E-state index >= 15 is 0 Å². The van der Waals surface area contributed by atoms with Gasteiger partial charge >= 0.3 is 17.9 Å². The molecule has 0 aliphatic carbocycles. The zero-order valence-corrected chi connectivity index (χ0v) is 47.1. The molecular formula is C64H118O6. The summed E-state index contributed by atoms with van der Waals surface area (Å²) < 4.78 is 16.9. The number of hydrogen-bond acceptors (Lipinski definition) is 6. The van der Waals surface area contributed by atoms with Crippen LogP contribution in [0.25, 0.3) is 0 Å². The molecule has 0 fully saturated rings. The first-order valence-corrected chi connectivity index (χ1v) is 31.0. The maximum absolute atomic E-state index is 12.9. The van der Waals surface area contributed by atoms with Crippen LogP contribution in [-0.2, 0) is 28.6 Å². The fraction of sp³-hybridized carbons (Fsp3) is 0.859. The molecule has 0 aromatic carbocycles. The second-order valence-electron chi connectivity index (χ2n) is 21.0. The van der Waals surface area contributed by atoms with Gasteiger partial charge in [-0.05, 0) is 77.0 Å². The van der Waals surface area contributed by atoms with Crippen LogP contribution in [0.1, 0.15) is 335 Å². The highest BCUT2D eigenvalue weighted by atomic mass is 16.6. The Morgan fingerprint density at radius 1 is 0.286 bits per heavy atom. The van der Waals surface area contributed by atoms with Gasteiger partial charge in [0.2, 0.25) is 0 Å². The van der Waals surface area contributed by atoms with Gasteiger partial charge in [-0.1, -0.05) is 276 Å². The van der Waals surface area contributed by atoms with Crippen molar-refractivity contribution >= 4 is 17.9 Å². The molecule has 0 bridgehead atoms. The quantitative estimate of drug-likeness (QED) is 0.0261. The van der Waals surface area contributed by atoms with Crippen LogP contribution in [0.2, 0.25) is 0 Å². The lowest BCUT2D eigenvalue weighted by molar-refractivity contribution is -0.167. The molecule has 0 saturated carbocycles. The SMILES string of the molecule is CCCCC/C=C\C/C=C\CCCCCCCCCCCC(=O)OCC(COC(=O)CCCCCCC/C=C\CCCCCCCCC)OC(=O)CCCCCCCCCCCCCCCCCCC. The van der Waals surface area contributed by atoms with Gasteiger partial charge in [0, 0.05) is 19.3 Å². The molecule has 0 saturated heterocycles. The minimum atomic E-state index is -0.775. The lowest BCUT2D eigenvalue weighted by Gasteiger charge is -2.18. The van der Waals surface area contributed by atoms with Gasteiger partial charge in [0.15, 0.2) is 6.10 Å². The van der Waals surface area contributed by atoms with E-state index in [-0.39, 0.29) is 31.1 Å². The Morgan fingerprint density at radius 2 is 0.514 bits per heavy atom. The summed E-state index contributed by atoms with van der Waals surface area (Å²) in [5, 5.41) is 0. The van der Waals surface area contributed by atoms with Crippen LogP contribution in [-0.4, -0.2) is 37.2 Å². The number of esters is 3. The van der Waals surface area contributed by atoms with Gasteiger partial charge in [0.05, 0.1) is 0 Å². The first-order valence-electron chi connectivity index (χ1n) is 31.0. The van der Waals surface area contributed by atoms with Crippen molar-refractivity contribution in [3.05, 3.63) is 36.5 Å². The first-order chi connectivity index (χ1) is 34.5. The van der Waals surface area contributed by atoms with Crippen molar-refractivity contribution in [3.8, 4) is 0 Å². The number of carbonyl (C=O) groups excluding carboxylic acids is 3. The Hall–Kier alpha value is -2.37. The molecule has 0 aromatic rings. The minimum absolute atomic E-state index is 0.0731. The summed E-state index contributed by atoms with van der Waals surface area (Å²) >= 11 is 0. The molecule has 70 heavy (non-hydrogen) atoms. The Labute approximate surface area is 435 Å². The predicted molar refractivity (Wildman–Crippen MR) is 302 cm³/mol. The van der Waals surface area contributed by atoms with Gasteiger partial charge in [-0.25, -0.2) is 0 Å². The number of hydrogen-bond donors (Lipinski definition) is 0. The van der Waals surface area contributed by atoms with Gasteiger partial charge in [-0.3, -0.25) is 14.4 Å². The van der Waals surface area contributed by atoms with E-state index in [0.717, 1.165) is 70.6 Å². The molecule has 0 aliphatic rings. The average molecular weight is 984 g/mol. The zero-order valence-electron chi connectivity index (χ0n) is 47.1. The average Bonchev–Trinajstić information content (AvgIpc) is 3.36. The van der Waals surface area contributed by atoms with Gasteiger partial charge in [0.25, 0.3) is 0 Å². The number of carbonyl (C=O) groups is 3. The third kappa shape index (κ3) is 56.5. The molecule has 0 aliphatic heterocycles. The number of ether oxygens (including phenoxy) is 3. The summed E-state index contributed by atoms with van der Waals surface area (Å²) in [6, 6.07) is 0. The summed E-state index contributed by atoms with van der Waals surface area (Å²) in [5.41, 5.74) is 0. The van der Waals surface area contributed by atoms with E-state index in [4.69, 9.17) is 14.2 Å². The zero-order chi connectivity index (χ0) is 50.7. The lowest BCUT2D eigenvalue weighted by atomic mass is 10.0. The van der Waals surface area contributed by atoms with Crippen molar-refractivity contribution in [1.82, 2.24) is 0 Å². The van der Waals surface area contributed by atoms with Crippen LogP contribution in [0.15, 0.2) is 36.5 Å². The first kappa shape index (κ1) is 67.6. The van der Waals surface area contributed by atoms with Gasteiger partial charge in [-0.15, -0.1) is 0 Å². The molecule has 0 N–H and O–H groups in total. The van der Waals surface area contributed by atoms with Crippen LogP contribution >= 0.6 is 0 Å². The van der Waals surface area contributed by atoms with E-state index in [2.05, 4.69) is 57.2 Å². The van der Waals surface area contributed by atoms with Crippen LogP contribution in [0, 0.1) is 0 Å². The van der Waals surface area contributed by atoms with Gasteiger partial charge in [-0.2, -0.15) is 0 Å². The summed E-state index contributed by atoms with van der Waals surface area (Å²) in [4.78, 5) is 38.3. The maximum Gasteiger partial charge on any atom is 0.306 e. The maximum atomic E-state index is 12.9. The summed E-state index contributed by atoms with van der Waals surface area (Å²) in [6.45, 7) is 6.66. The Morgan fingerprint density at radius 3 is 0.829 bits per heavy atom. The highest BCUT2D eigenvalue weighted by Crippen LogP contribution is 2.17. The molecule has 0 radical (unpaired) electrons. The van der Waals surface area contributed by atoms with E-state index in [1.54, 1.807) is 0 Å². The summed E-state index contributed by atoms with van der Waals surface area (Å²) in [6.07, 6.45) is 71.4. The molecule has 6 heteroatoms. The lowest BCUT2D eigenvalue weighted by Crippen LogP contribution is -2.30. The Bertz CT molecular complexity index is 1170. The minimum Gasteiger partial charge on any atom is -0.462 e. The van der Waals surface area contributed by atoms with Crippen LogP contribution in [0.5, 0.6) is 0 Å². The molecule has 0 spiro atoms. The second kappa shape index (κ2) is 59.2. The van der Waals surface area contributed by atoms with Gasteiger partial charge < -0.3 is 14.2 Å². The van der Waals surface area contributed by atoms with Crippen LogP contribution < -0.4 is 0 Å². The van der Waals surface area contributed by atoms with E-state index in [1.165, 1.54) is 225 Å². The Balaban J connectivity index is 4.34. The van der Waals surface area contributed by atoms with Crippen molar-refractivity contribution in [2.24, 2.45) is 0 Å². The van der Waals surface area contributed by atoms with E-state index in [0.29, 0.717) is 19.3 Å². The molecular weight excluding hydrogens is 865 g/mol. The second-order valence-corrected chi connectivity index (χ2v) is 21.0. The van der Waals surface area contributed by atoms with E-state index in [1.807, 2.05) is 0 Å². The number of allylic oxidation sites excluding steroid dienone is 6. The molecule has 0 heterocycles. The highest BCUT2D eigenvalue weighted by Gasteiger charge is 2.19. The van der Waals surface area contributed by atoms with Crippen molar-refractivity contribution < 1.29 is 28.6 Å². The third-order valence-corrected chi connectivity index (χ3v) is 13.9. The van der Waals surface area contributed by atoms with Crippen molar-refractivity contribution in [3.63, 3.8) is 0 Å². The number of rotatable bonds is 57. The third-order valence-electron chi connectivity index (χ3n) is 13.9. The highest BCUT2D eigenvalue weighted by molar-refractivity contribution is 5.71. The van der Waals surface area contributed by atoms with Crippen molar-refractivity contribution in [2.75, 3.05) is 13.2 Å². The summed E-state index contributed by atoms with van der Waals surface area (Å²) in [7, 11) is 0. The van der Waals surface area contributed by atoms with E-state index < -0.39 is 6.10 Å². The number of unbranched alkanes of at least 4 members (excludes halogenated alkanes) is 40. The topological polar surface area (TPSA) is 78.9 Å². The van der Waals surface area contributed by atoms with Crippen molar-refractivity contribution in [2.45, 2.75) is 341 Å². The Kier molecular flexibility index (Phi) is 57.2. The normalized spacial score (nSPS) is 12.2. The smallest absolute Gasteiger partial charge is 0.306 e. The van der Waals surface area contributed by atoms with E-state index in [9.17, 15) is 14.4 Å². The summed E-state index contributed by atoms with van der Waals surface area (Å²) in [5.74, 6) is -0.863. The molecule has 1 unspecified atom stereocenters. The molecule has 410 valence electrons. The fourth-order valence-corrected chi connectivity index (χ4v) is 9.18.